The second kappa shape index (κ2) is 8.83. The summed E-state index contributed by atoms with van der Waals surface area (Å²) in [6.07, 6.45) is -0.809. The van der Waals surface area contributed by atoms with Crippen LogP contribution in [0.15, 0.2) is 24.3 Å². The lowest BCUT2D eigenvalue weighted by Gasteiger charge is -2.32. The first kappa shape index (κ1) is 21.7. The van der Waals surface area contributed by atoms with Crippen molar-refractivity contribution in [1.29, 1.82) is 0 Å². The highest BCUT2D eigenvalue weighted by molar-refractivity contribution is 6.30. The molecular weight excluding hydrogens is 345 g/mol. The summed E-state index contributed by atoms with van der Waals surface area (Å²) in [5, 5.41) is 2.77. The highest BCUT2D eigenvalue weighted by Gasteiger charge is 2.37. The molecule has 0 saturated heterocycles. The molecule has 0 heterocycles. The number of likely N-dealkylation sites (N-methyl/N-ethyl adjacent to an activating group) is 2. The standard InChI is InChI=1S/C18H29ClFN3O2/c1-17(2,3)25-16(24)21-18(20,13-23(6)11-10-22(4)5)14-8-7-9-15(19)12-14/h7-9,12H,10-11,13H2,1-6H3,(H,21,24). The lowest BCUT2D eigenvalue weighted by Crippen LogP contribution is -2.51. The van der Waals surface area contributed by atoms with Crippen LogP contribution in [0.5, 0.6) is 0 Å². The molecule has 0 radical (unpaired) electrons. The van der Waals surface area contributed by atoms with Crippen molar-refractivity contribution >= 4 is 17.7 Å². The summed E-state index contributed by atoms with van der Waals surface area (Å²) in [7, 11) is 5.71. The Morgan fingerprint density at radius 2 is 1.88 bits per heavy atom. The van der Waals surface area contributed by atoms with Crippen molar-refractivity contribution in [3.63, 3.8) is 0 Å². The van der Waals surface area contributed by atoms with Crippen molar-refractivity contribution in [2.24, 2.45) is 0 Å². The van der Waals surface area contributed by atoms with Crippen LogP contribution in [0, 0.1) is 0 Å². The number of benzene rings is 1. The van der Waals surface area contributed by atoms with Gasteiger partial charge < -0.3 is 9.64 Å². The van der Waals surface area contributed by atoms with E-state index in [-0.39, 0.29) is 12.1 Å². The Bertz CT molecular complexity index is 578. The first-order valence-corrected chi connectivity index (χ1v) is 8.58. The third-order valence-electron chi connectivity index (χ3n) is 3.40. The summed E-state index contributed by atoms with van der Waals surface area (Å²) in [6, 6.07) is 6.43. The van der Waals surface area contributed by atoms with Crippen molar-refractivity contribution in [1.82, 2.24) is 15.1 Å². The van der Waals surface area contributed by atoms with E-state index in [2.05, 4.69) is 5.32 Å². The molecular formula is C18H29ClFN3O2. The Morgan fingerprint density at radius 1 is 1.24 bits per heavy atom. The molecule has 0 bridgehead atoms. The number of hydrogen-bond acceptors (Lipinski definition) is 4. The minimum Gasteiger partial charge on any atom is -0.444 e. The molecule has 1 amide bonds. The van der Waals surface area contributed by atoms with Crippen molar-refractivity contribution in [3.05, 3.63) is 34.9 Å². The number of carbonyl (C=O) groups excluding carboxylic acids is 1. The van der Waals surface area contributed by atoms with Gasteiger partial charge in [0.05, 0.1) is 6.54 Å². The van der Waals surface area contributed by atoms with Gasteiger partial charge in [0.2, 0.25) is 5.79 Å². The lowest BCUT2D eigenvalue weighted by molar-refractivity contribution is 0.0162. The number of ether oxygens (including phenoxy) is 1. The van der Waals surface area contributed by atoms with Crippen LogP contribution >= 0.6 is 11.6 Å². The molecule has 1 N–H and O–H groups in total. The summed E-state index contributed by atoms with van der Waals surface area (Å²) >= 11 is 6.00. The topological polar surface area (TPSA) is 44.8 Å². The van der Waals surface area contributed by atoms with Crippen molar-refractivity contribution in [2.75, 3.05) is 40.8 Å². The highest BCUT2D eigenvalue weighted by Crippen LogP contribution is 2.27. The average Bonchev–Trinajstić information content (AvgIpc) is 2.42. The summed E-state index contributed by atoms with van der Waals surface area (Å²) in [5.41, 5.74) is -0.432. The van der Waals surface area contributed by atoms with Crippen molar-refractivity contribution < 1.29 is 13.9 Å². The van der Waals surface area contributed by atoms with Gasteiger partial charge in [0.25, 0.3) is 0 Å². The SMILES string of the molecule is CN(C)CCN(C)CC(F)(NC(=O)OC(C)(C)C)c1cccc(Cl)c1. The Labute approximate surface area is 155 Å². The molecule has 1 rings (SSSR count). The van der Waals surface area contributed by atoms with E-state index in [0.29, 0.717) is 11.6 Å². The Morgan fingerprint density at radius 3 is 2.40 bits per heavy atom. The fraction of sp³-hybridized carbons (Fsp3) is 0.611. The van der Waals surface area contributed by atoms with Gasteiger partial charge in [-0.05, 0) is 54.0 Å². The van der Waals surface area contributed by atoms with Crippen LogP contribution in [0.3, 0.4) is 0 Å². The number of alkyl carbamates (subject to hydrolysis) is 1. The molecule has 0 aliphatic carbocycles. The zero-order chi connectivity index (χ0) is 19.3. The Hall–Kier alpha value is -1.37. The summed E-state index contributed by atoms with van der Waals surface area (Å²) in [6.45, 7) is 6.59. The number of amides is 1. The average molecular weight is 374 g/mol. The van der Waals surface area contributed by atoms with Gasteiger partial charge in [-0.15, -0.1) is 0 Å². The van der Waals surface area contributed by atoms with Gasteiger partial charge in [0.15, 0.2) is 0 Å². The Kier molecular flexibility index (Phi) is 7.65. The highest BCUT2D eigenvalue weighted by atomic mass is 35.5. The second-order valence-electron chi connectivity index (χ2n) is 7.48. The molecule has 142 valence electrons. The summed E-state index contributed by atoms with van der Waals surface area (Å²) in [5.74, 6) is -2.12. The summed E-state index contributed by atoms with van der Waals surface area (Å²) < 4.78 is 21.0. The number of hydrogen-bond donors (Lipinski definition) is 1. The predicted molar refractivity (Wildman–Crippen MR) is 99.7 cm³/mol. The molecule has 0 aliphatic rings. The maximum absolute atomic E-state index is 15.8. The summed E-state index contributed by atoms with van der Waals surface area (Å²) in [4.78, 5) is 16.0. The monoisotopic (exact) mass is 373 g/mol. The second-order valence-corrected chi connectivity index (χ2v) is 7.92. The predicted octanol–water partition coefficient (Wildman–Crippen LogP) is 3.48. The van der Waals surface area contributed by atoms with E-state index in [0.717, 1.165) is 6.54 Å². The van der Waals surface area contributed by atoms with Gasteiger partial charge in [-0.3, -0.25) is 10.2 Å². The van der Waals surface area contributed by atoms with Gasteiger partial charge >= 0.3 is 6.09 Å². The molecule has 1 aromatic carbocycles. The number of carbonyl (C=O) groups is 1. The van der Waals surface area contributed by atoms with E-state index in [9.17, 15) is 4.79 Å². The molecule has 25 heavy (non-hydrogen) atoms. The first-order valence-electron chi connectivity index (χ1n) is 8.21. The Balaban J connectivity index is 2.99. The van der Waals surface area contributed by atoms with Gasteiger partial charge in [-0.2, -0.15) is 0 Å². The molecule has 0 saturated carbocycles. The first-order chi connectivity index (χ1) is 11.4. The van der Waals surface area contributed by atoms with Crippen LogP contribution in [-0.4, -0.2) is 62.3 Å². The third-order valence-corrected chi connectivity index (χ3v) is 3.63. The number of nitrogens with one attached hydrogen (secondary N) is 1. The molecule has 1 atom stereocenters. The molecule has 0 aliphatic heterocycles. The van der Waals surface area contributed by atoms with Crippen molar-refractivity contribution in [3.8, 4) is 0 Å². The van der Waals surface area contributed by atoms with Crippen LogP contribution in [0.25, 0.3) is 0 Å². The van der Waals surface area contributed by atoms with Gasteiger partial charge in [0.1, 0.15) is 5.60 Å². The van der Waals surface area contributed by atoms with Crippen molar-refractivity contribution in [2.45, 2.75) is 32.2 Å². The van der Waals surface area contributed by atoms with Crippen LogP contribution in [0.4, 0.5) is 9.18 Å². The van der Waals surface area contributed by atoms with Crippen LogP contribution in [0.1, 0.15) is 26.3 Å². The molecule has 0 spiro atoms. The largest absolute Gasteiger partial charge is 0.444 e. The quantitative estimate of drug-likeness (QED) is 0.743. The zero-order valence-corrected chi connectivity index (χ0v) is 16.7. The minimum absolute atomic E-state index is 0.0274. The maximum Gasteiger partial charge on any atom is 0.410 e. The van der Waals surface area contributed by atoms with Gasteiger partial charge in [-0.1, -0.05) is 23.7 Å². The molecule has 7 heteroatoms. The molecule has 1 unspecified atom stereocenters. The van der Waals surface area contributed by atoms with E-state index in [1.807, 2.05) is 23.9 Å². The van der Waals surface area contributed by atoms with Crippen LogP contribution in [0.2, 0.25) is 5.02 Å². The maximum atomic E-state index is 15.8. The van der Waals surface area contributed by atoms with E-state index < -0.39 is 17.5 Å². The molecule has 1 aromatic rings. The van der Waals surface area contributed by atoms with Crippen LogP contribution < -0.4 is 5.32 Å². The fourth-order valence-electron chi connectivity index (χ4n) is 2.23. The van der Waals surface area contributed by atoms with Gasteiger partial charge in [0, 0.05) is 23.7 Å². The number of nitrogens with zero attached hydrogens (tertiary/aromatic N) is 2. The molecule has 0 aromatic heterocycles. The smallest absolute Gasteiger partial charge is 0.410 e. The fourth-order valence-corrected chi connectivity index (χ4v) is 2.42. The van der Waals surface area contributed by atoms with E-state index >= 15 is 4.39 Å². The number of rotatable bonds is 7. The molecule has 0 fully saturated rings. The molecule has 5 nitrogen and oxygen atoms in total. The van der Waals surface area contributed by atoms with E-state index in [4.69, 9.17) is 16.3 Å². The van der Waals surface area contributed by atoms with E-state index in [1.165, 1.54) is 6.07 Å². The van der Waals surface area contributed by atoms with E-state index in [1.54, 1.807) is 46.0 Å². The van der Waals surface area contributed by atoms with Crippen LogP contribution in [-0.2, 0) is 10.5 Å². The number of alkyl halides is 1. The third kappa shape index (κ3) is 8.03. The number of halogens is 2. The van der Waals surface area contributed by atoms with Gasteiger partial charge in [-0.25, -0.2) is 9.18 Å². The minimum atomic E-state index is -2.12. The normalized spacial score (nSPS) is 14.5. The lowest BCUT2D eigenvalue weighted by atomic mass is 10.0. The zero-order valence-electron chi connectivity index (χ0n) is 15.9.